The Morgan fingerprint density at radius 2 is 2.13 bits per heavy atom. The fourth-order valence-electron chi connectivity index (χ4n) is 2.96. The van der Waals surface area contributed by atoms with Crippen molar-refractivity contribution in [2.24, 2.45) is 0 Å². The smallest absolute Gasteiger partial charge is 0.242 e. The Bertz CT molecular complexity index is 694. The van der Waals surface area contributed by atoms with Crippen LogP contribution in [0.15, 0.2) is 30.5 Å². The van der Waals surface area contributed by atoms with E-state index in [2.05, 4.69) is 34.4 Å². The van der Waals surface area contributed by atoms with Crippen LogP contribution in [-0.2, 0) is 11.3 Å². The monoisotopic (exact) mass is 313 g/mol. The second-order valence-corrected chi connectivity index (χ2v) is 6.30. The van der Waals surface area contributed by atoms with Gasteiger partial charge in [0.2, 0.25) is 5.91 Å². The molecule has 1 atom stereocenters. The predicted octanol–water partition coefficient (Wildman–Crippen LogP) is 1.84. The predicted molar refractivity (Wildman–Crippen MR) is 87.7 cm³/mol. The Kier molecular flexibility index (Phi) is 4.43. The lowest BCUT2D eigenvalue weighted by atomic mass is 9.97. The summed E-state index contributed by atoms with van der Waals surface area (Å²) in [6.07, 6.45) is 1.96. The molecule has 1 aromatic carbocycles. The van der Waals surface area contributed by atoms with E-state index in [4.69, 9.17) is 0 Å². The molecule has 0 aliphatic carbocycles. The highest BCUT2D eigenvalue weighted by Gasteiger charge is 2.32. The van der Waals surface area contributed by atoms with Crippen LogP contribution in [0.2, 0.25) is 0 Å². The van der Waals surface area contributed by atoms with Gasteiger partial charge in [-0.05, 0) is 31.9 Å². The summed E-state index contributed by atoms with van der Waals surface area (Å²) in [5.74, 6) is 0.0572. The van der Waals surface area contributed by atoms with E-state index in [0.717, 1.165) is 23.4 Å². The molecule has 2 heterocycles. The molecular weight excluding hydrogens is 290 g/mol. The second kappa shape index (κ2) is 6.50. The number of benzene rings is 1. The number of aromatic nitrogens is 3. The van der Waals surface area contributed by atoms with Gasteiger partial charge in [-0.15, -0.1) is 5.10 Å². The van der Waals surface area contributed by atoms with Gasteiger partial charge in [0.05, 0.1) is 11.9 Å². The van der Waals surface area contributed by atoms with Crippen molar-refractivity contribution < 1.29 is 4.79 Å². The van der Waals surface area contributed by atoms with Crippen molar-refractivity contribution in [1.29, 1.82) is 0 Å². The minimum atomic E-state index is -0.269. The van der Waals surface area contributed by atoms with Crippen LogP contribution in [0.4, 0.5) is 0 Å². The summed E-state index contributed by atoms with van der Waals surface area (Å²) in [6.45, 7) is 8.29. The quantitative estimate of drug-likeness (QED) is 0.935. The largest absolute Gasteiger partial charge is 0.353 e. The van der Waals surface area contributed by atoms with Gasteiger partial charge in [-0.3, -0.25) is 9.69 Å². The Hall–Kier alpha value is -2.21. The van der Waals surface area contributed by atoms with Gasteiger partial charge in [-0.1, -0.05) is 29.5 Å². The second-order valence-electron chi connectivity index (χ2n) is 6.30. The van der Waals surface area contributed by atoms with Gasteiger partial charge in [0, 0.05) is 25.7 Å². The fraction of sp³-hybridized carbons (Fsp3) is 0.471. The van der Waals surface area contributed by atoms with Gasteiger partial charge >= 0.3 is 0 Å². The van der Waals surface area contributed by atoms with Crippen molar-refractivity contribution in [3.8, 4) is 0 Å². The molecule has 1 aliphatic rings. The van der Waals surface area contributed by atoms with E-state index in [9.17, 15) is 4.79 Å². The molecule has 1 saturated heterocycles. The number of carbonyl (C=O) groups is 1. The molecule has 1 aromatic heterocycles. The van der Waals surface area contributed by atoms with Crippen LogP contribution >= 0.6 is 0 Å². The first-order chi connectivity index (χ1) is 11.1. The van der Waals surface area contributed by atoms with Crippen molar-refractivity contribution in [2.75, 3.05) is 13.1 Å². The summed E-state index contributed by atoms with van der Waals surface area (Å²) < 4.78 is 1.85. The molecule has 1 unspecified atom stereocenters. The number of carbonyl (C=O) groups excluding carboxylic acids is 1. The van der Waals surface area contributed by atoms with Gasteiger partial charge in [0.25, 0.3) is 0 Å². The van der Waals surface area contributed by atoms with Gasteiger partial charge in [-0.25, -0.2) is 4.68 Å². The number of piperazine rings is 1. The molecule has 1 N–H and O–H groups in total. The third-order valence-electron chi connectivity index (χ3n) is 4.25. The van der Waals surface area contributed by atoms with E-state index < -0.39 is 0 Å². The lowest BCUT2D eigenvalue weighted by molar-refractivity contribution is -0.129. The van der Waals surface area contributed by atoms with Crippen LogP contribution in [0.5, 0.6) is 0 Å². The average molecular weight is 313 g/mol. The van der Waals surface area contributed by atoms with Crippen molar-refractivity contribution in [2.45, 2.75) is 39.4 Å². The van der Waals surface area contributed by atoms with Crippen molar-refractivity contribution in [3.63, 3.8) is 0 Å². The molecule has 23 heavy (non-hydrogen) atoms. The third kappa shape index (κ3) is 3.27. The standard InChI is InChI=1S/C17H23N5O/c1-12(2)22-11-14(19-20-22)10-21-9-8-18-17(23)16(21)15-7-5-4-6-13(15)3/h4-7,11-12,16H,8-10H2,1-3H3,(H,18,23). The van der Waals surface area contributed by atoms with Crippen LogP contribution in [0.25, 0.3) is 0 Å². The number of rotatable bonds is 4. The van der Waals surface area contributed by atoms with E-state index in [-0.39, 0.29) is 18.0 Å². The van der Waals surface area contributed by atoms with Crippen LogP contribution in [-0.4, -0.2) is 38.9 Å². The molecule has 0 saturated carbocycles. The van der Waals surface area contributed by atoms with Crippen LogP contribution in [0.1, 0.15) is 42.8 Å². The summed E-state index contributed by atoms with van der Waals surface area (Å²) in [6, 6.07) is 8.07. The topological polar surface area (TPSA) is 63.1 Å². The molecule has 1 aliphatic heterocycles. The molecule has 0 radical (unpaired) electrons. The van der Waals surface area contributed by atoms with Crippen molar-refractivity contribution >= 4 is 5.91 Å². The normalized spacial score (nSPS) is 19.1. The maximum absolute atomic E-state index is 12.5. The summed E-state index contributed by atoms with van der Waals surface area (Å²) in [4.78, 5) is 14.6. The Morgan fingerprint density at radius 3 is 2.83 bits per heavy atom. The molecule has 2 aromatic rings. The fourth-order valence-corrected chi connectivity index (χ4v) is 2.96. The number of nitrogens with zero attached hydrogens (tertiary/aromatic N) is 4. The SMILES string of the molecule is Cc1ccccc1C1C(=O)NCCN1Cc1cn(C(C)C)nn1. The number of amides is 1. The Labute approximate surface area is 136 Å². The molecular formula is C17H23N5O. The van der Waals surface area contributed by atoms with E-state index in [1.54, 1.807) is 0 Å². The number of aryl methyl sites for hydroxylation is 1. The highest BCUT2D eigenvalue weighted by atomic mass is 16.2. The summed E-state index contributed by atoms with van der Waals surface area (Å²) in [5.41, 5.74) is 3.08. The van der Waals surface area contributed by atoms with Gasteiger partial charge in [-0.2, -0.15) is 0 Å². The summed E-state index contributed by atoms with van der Waals surface area (Å²) in [5, 5.41) is 11.4. The molecule has 122 valence electrons. The molecule has 3 rings (SSSR count). The van der Waals surface area contributed by atoms with Crippen LogP contribution in [0, 0.1) is 6.92 Å². The maximum atomic E-state index is 12.5. The third-order valence-corrected chi connectivity index (χ3v) is 4.25. The molecule has 6 heteroatoms. The van der Waals surface area contributed by atoms with Crippen molar-refractivity contribution in [1.82, 2.24) is 25.2 Å². The molecule has 1 fully saturated rings. The minimum Gasteiger partial charge on any atom is -0.353 e. The molecule has 6 nitrogen and oxygen atoms in total. The van der Waals surface area contributed by atoms with Crippen LogP contribution < -0.4 is 5.32 Å². The lowest BCUT2D eigenvalue weighted by Gasteiger charge is -2.35. The van der Waals surface area contributed by atoms with Gasteiger partial charge < -0.3 is 5.32 Å². The van der Waals surface area contributed by atoms with Gasteiger partial charge in [0.15, 0.2) is 0 Å². The highest BCUT2D eigenvalue weighted by Crippen LogP contribution is 2.27. The summed E-state index contributed by atoms with van der Waals surface area (Å²) >= 11 is 0. The Morgan fingerprint density at radius 1 is 1.35 bits per heavy atom. The van der Waals surface area contributed by atoms with Gasteiger partial charge in [0.1, 0.15) is 6.04 Å². The molecule has 0 bridgehead atoms. The van der Waals surface area contributed by atoms with E-state index in [1.165, 1.54) is 0 Å². The summed E-state index contributed by atoms with van der Waals surface area (Å²) in [7, 11) is 0. The van der Waals surface area contributed by atoms with E-state index >= 15 is 0 Å². The first-order valence-electron chi connectivity index (χ1n) is 8.04. The first-order valence-corrected chi connectivity index (χ1v) is 8.04. The van der Waals surface area contributed by atoms with Crippen LogP contribution in [0.3, 0.4) is 0 Å². The number of hydrogen-bond donors (Lipinski definition) is 1. The van der Waals surface area contributed by atoms with Crippen molar-refractivity contribution in [3.05, 3.63) is 47.3 Å². The molecule has 1 amide bonds. The minimum absolute atomic E-state index is 0.0572. The maximum Gasteiger partial charge on any atom is 0.242 e. The number of nitrogens with one attached hydrogen (secondary N) is 1. The Balaban J connectivity index is 1.86. The lowest BCUT2D eigenvalue weighted by Crippen LogP contribution is -2.49. The zero-order valence-corrected chi connectivity index (χ0v) is 13.9. The highest BCUT2D eigenvalue weighted by molar-refractivity contribution is 5.84. The average Bonchev–Trinajstić information content (AvgIpc) is 2.98. The zero-order valence-electron chi connectivity index (χ0n) is 13.9. The zero-order chi connectivity index (χ0) is 16.4. The first kappa shape index (κ1) is 15.7. The number of hydrogen-bond acceptors (Lipinski definition) is 4. The molecule has 0 spiro atoms. The van der Waals surface area contributed by atoms with E-state index in [1.807, 2.05) is 42.1 Å². The van der Waals surface area contributed by atoms with E-state index in [0.29, 0.717) is 13.1 Å².